The van der Waals surface area contributed by atoms with Crippen LogP contribution in [0.25, 0.3) is 0 Å². The Bertz CT molecular complexity index is 369. The first-order valence-electron chi connectivity index (χ1n) is 5.30. The quantitative estimate of drug-likeness (QED) is 0.836. The van der Waals surface area contributed by atoms with Gasteiger partial charge in [0.1, 0.15) is 11.0 Å². The molecule has 2 aliphatic rings. The van der Waals surface area contributed by atoms with Crippen molar-refractivity contribution in [3.63, 3.8) is 0 Å². The fourth-order valence-electron chi connectivity index (χ4n) is 1.94. The van der Waals surface area contributed by atoms with Gasteiger partial charge in [-0.05, 0) is 18.8 Å². The van der Waals surface area contributed by atoms with Crippen LogP contribution in [0.5, 0.6) is 0 Å². The van der Waals surface area contributed by atoms with E-state index in [1.165, 1.54) is 12.8 Å². The summed E-state index contributed by atoms with van der Waals surface area (Å²) in [6.07, 6.45) is 4.53. The molecule has 1 aliphatic heterocycles. The molecule has 1 saturated carbocycles. The van der Waals surface area contributed by atoms with E-state index in [0.717, 1.165) is 24.0 Å². The summed E-state index contributed by atoms with van der Waals surface area (Å²) in [5, 5.41) is 3.15. The molecule has 2 N–H and O–H groups in total. The maximum Gasteiger partial charge on any atom is 0.192 e. The number of aliphatic imine (C=N–C) groups is 1. The molecule has 0 radical (unpaired) electrons. The SMILES string of the molecule is NC1=NCC(c2nccs2)N1CC1CC1. The molecule has 1 unspecified atom stereocenters. The predicted octanol–water partition coefficient (Wildman–Crippen LogP) is 1.22. The minimum Gasteiger partial charge on any atom is -0.370 e. The van der Waals surface area contributed by atoms with E-state index in [-0.39, 0.29) is 0 Å². The number of rotatable bonds is 3. The lowest BCUT2D eigenvalue weighted by Crippen LogP contribution is -2.37. The number of guanidine groups is 1. The van der Waals surface area contributed by atoms with Crippen LogP contribution in [0.3, 0.4) is 0 Å². The van der Waals surface area contributed by atoms with E-state index in [9.17, 15) is 0 Å². The van der Waals surface area contributed by atoms with Crippen molar-refractivity contribution in [1.82, 2.24) is 9.88 Å². The minimum absolute atomic E-state index is 0.297. The van der Waals surface area contributed by atoms with Crippen LogP contribution < -0.4 is 5.73 Å². The Kier molecular flexibility index (Phi) is 2.12. The summed E-state index contributed by atoms with van der Waals surface area (Å²) in [5.41, 5.74) is 5.90. The fraction of sp³-hybridized carbons (Fsp3) is 0.600. The Balaban J connectivity index is 1.78. The summed E-state index contributed by atoms with van der Waals surface area (Å²) < 4.78 is 0. The van der Waals surface area contributed by atoms with Gasteiger partial charge < -0.3 is 10.6 Å². The third kappa shape index (κ3) is 1.71. The van der Waals surface area contributed by atoms with Crippen LogP contribution in [-0.4, -0.2) is 28.9 Å². The predicted molar refractivity (Wildman–Crippen MR) is 60.8 cm³/mol. The first-order chi connectivity index (χ1) is 7.34. The standard InChI is InChI=1S/C10H14N4S/c11-10-13-5-8(9-12-3-4-15-9)14(10)6-7-1-2-7/h3-4,7-8H,1-2,5-6H2,(H2,11,13). The van der Waals surface area contributed by atoms with E-state index in [0.29, 0.717) is 12.0 Å². The van der Waals surface area contributed by atoms with Crippen molar-refractivity contribution in [2.45, 2.75) is 18.9 Å². The number of thiazole rings is 1. The van der Waals surface area contributed by atoms with Gasteiger partial charge in [0.15, 0.2) is 5.96 Å². The van der Waals surface area contributed by atoms with Crippen molar-refractivity contribution in [3.8, 4) is 0 Å². The molecule has 0 aromatic carbocycles. The Hall–Kier alpha value is -1.10. The molecule has 0 saturated heterocycles. The molecule has 1 atom stereocenters. The van der Waals surface area contributed by atoms with Gasteiger partial charge in [-0.3, -0.25) is 4.99 Å². The molecular weight excluding hydrogens is 208 g/mol. The largest absolute Gasteiger partial charge is 0.370 e. The molecular formula is C10H14N4S. The van der Waals surface area contributed by atoms with E-state index in [2.05, 4.69) is 14.9 Å². The molecule has 3 rings (SSSR count). The average molecular weight is 222 g/mol. The van der Waals surface area contributed by atoms with Crippen LogP contribution in [0.1, 0.15) is 23.9 Å². The second kappa shape index (κ2) is 3.48. The highest BCUT2D eigenvalue weighted by Gasteiger charge is 2.34. The van der Waals surface area contributed by atoms with Crippen molar-refractivity contribution in [3.05, 3.63) is 16.6 Å². The van der Waals surface area contributed by atoms with Gasteiger partial charge in [0.05, 0.1) is 6.54 Å². The average Bonchev–Trinajstić information content (AvgIpc) is 2.75. The molecule has 1 aliphatic carbocycles. The van der Waals surface area contributed by atoms with Gasteiger partial charge in [-0.15, -0.1) is 11.3 Å². The first kappa shape index (κ1) is 9.15. The summed E-state index contributed by atoms with van der Waals surface area (Å²) in [7, 11) is 0. The Morgan fingerprint density at radius 1 is 1.53 bits per heavy atom. The second-order valence-corrected chi connectivity index (χ2v) is 5.11. The van der Waals surface area contributed by atoms with Crippen LogP contribution in [0.15, 0.2) is 16.6 Å². The van der Waals surface area contributed by atoms with E-state index in [4.69, 9.17) is 5.73 Å². The van der Waals surface area contributed by atoms with Gasteiger partial charge in [0, 0.05) is 18.1 Å². The maximum atomic E-state index is 5.90. The number of nitrogens with zero attached hydrogens (tertiary/aromatic N) is 3. The molecule has 5 heteroatoms. The molecule has 1 aromatic rings. The van der Waals surface area contributed by atoms with Gasteiger partial charge in [-0.25, -0.2) is 4.98 Å². The highest BCUT2D eigenvalue weighted by Crippen LogP contribution is 2.34. The van der Waals surface area contributed by atoms with Gasteiger partial charge in [-0.2, -0.15) is 0 Å². The van der Waals surface area contributed by atoms with E-state index in [1.54, 1.807) is 11.3 Å². The number of hydrogen-bond donors (Lipinski definition) is 1. The highest BCUT2D eigenvalue weighted by atomic mass is 32.1. The molecule has 0 bridgehead atoms. The minimum atomic E-state index is 0.297. The van der Waals surface area contributed by atoms with Gasteiger partial charge in [-0.1, -0.05) is 0 Å². The number of hydrogen-bond acceptors (Lipinski definition) is 5. The Morgan fingerprint density at radius 2 is 2.40 bits per heavy atom. The lowest BCUT2D eigenvalue weighted by atomic mass is 10.2. The van der Waals surface area contributed by atoms with Crippen LogP contribution in [0.2, 0.25) is 0 Å². The van der Waals surface area contributed by atoms with E-state index in [1.807, 2.05) is 11.6 Å². The molecule has 2 heterocycles. The number of nitrogens with two attached hydrogens (primary N) is 1. The Morgan fingerprint density at radius 3 is 3.07 bits per heavy atom. The number of aromatic nitrogens is 1. The van der Waals surface area contributed by atoms with Crippen molar-refractivity contribution in [2.24, 2.45) is 16.6 Å². The van der Waals surface area contributed by atoms with Crippen LogP contribution in [-0.2, 0) is 0 Å². The van der Waals surface area contributed by atoms with Crippen molar-refractivity contribution in [2.75, 3.05) is 13.1 Å². The molecule has 0 spiro atoms. The summed E-state index contributed by atoms with van der Waals surface area (Å²) in [6.45, 7) is 1.83. The molecule has 4 nitrogen and oxygen atoms in total. The van der Waals surface area contributed by atoms with Gasteiger partial charge in [0.2, 0.25) is 0 Å². The molecule has 1 fully saturated rings. The summed E-state index contributed by atoms with van der Waals surface area (Å²) >= 11 is 1.69. The molecule has 0 amide bonds. The summed E-state index contributed by atoms with van der Waals surface area (Å²) in [4.78, 5) is 10.9. The van der Waals surface area contributed by atoms with Crippen molar-refractivity contribution < 1.29 is 0 Å². The molecule has 1 aromatic heterocycles. The zero-order valence-corrected chi connectivity index (χ0v) is 9.28. The van der Waals surface area contributed by atoms with Crippen LogP contribution in [0, 0.1) is 5.92 Å². The lowest BCUT2D eigenvalue weighted by molar-refractivity contribution is 0.333. The van der Waals surface area contributed by atoms with Gasteiger partial charge in [0.25, 0.3) is 0 Å². The van der Waals surface area contributed by atoms with E-state index < -0.39 is 0 Å². The van der Waals surface area contributed by atoms with Crippen molar-refractivity contribution in [1.29, 1.82) is 0 Å². The normalized spacial score (nSPS) is 25.7. The smallest absolute Gasteiger partial charge is 0.192 e. The van der Waals surface area contributed by atoms with Gasteiger partial charge >= 0.3 is 0 Å². The third-order valence-corrected chi connectivity index (χ3v) is 3.86. The highest BCUT2D eigenvalue weighted by molar-refractivity contribution is 7.09. The zero-order valence-electron chi connectivity index (χ0n) is 8.47. The second-order valence-electron chi connectivity index (χ2n) is 4.18. The third-order valence-electron chi connectivity index (χ3n) is 2.99. The summed E-state index contributed by atoms with van der Waals surface area (Å²) in [5.74, 6) is 1.53. The molecule has 80 valence electrons. The molecule has 15 heavy (non-hydrogen) atoms. The fourth-order valence-corrected chi connectivity index (χ4v) is 2.68. The lowest BCUT2D eigenvalue weighted by Gasteiger charge is -2.24. The Labute approximate surface area is 92.8 Å². The zero-order chi connectivity index (χ0) is 10.3. The monoisotopic (exact) mass is 222 g/mol. The summed E-state index contributed by atoms with van der Waals surface area (Å²) in [6, 6.07) is 0.297. The van der Waals surface area contributed by atoms with Crippen molar-refractivity contribution >= 4 is 17.3 Å². The van der Waals surface area contributed by atoms with E-state index >= 15 is 0 Å². The first-order valence-corrected chi connectivity index (χ1v) is 6.18. The maximum absolute atomic E-state index is 5.90. The van der Waals surface area contributed by atoms with Crippen LogP contribution in [0.4, 0.5) is 0 Å². The van der Waals surface area contributed by atoms with Crippen LogP contribution >= 0.6 is 11.3 Å². The topological polar surface area (TPSA) is 54.5 Å².